The molecule has 0 bridgehead atoms. The normalized spacial score (nSPS) is 10.8. The first-order valence-electron chi connectivity index (χ1n) is 6.52. The third-order valence-corrected chi connectivity index (χ3v) is 5.18. The Morgan fingerprint density at radius 2 is 2.00 bits per heavy atom. The van der Waals surface area contributed by atoms with Gasteiger partial charge in [-0.1, -0.05) is 23.2 Å². The fourth-order valence-corrected chi connectivity index (χ4v) is 3.65. The summed E-state index contributed by atoms with van der Waals surface area (Å²) in [5.74, 6) is -0.260. The van der Waals surface area contributed by atoms with Crippen LogP contribution in [0, 0.1) is 5.82 Å². The van der Waals surface area contributed by atoms with Crippen molar-refractivity contribution in [2.75, 3.05) is 12.4 Å². The number of hydrogen-bond acceptors (Lipinski definition) is 3. The SMILES string of the molecule is COc1ccc2sc(C(=O)Nc3ccc(F)c(Cl)c3)c(Cl)c2c1. The molecule has 0 unspecified atom stereocenters. The minimum atomic E-state index is -0.545. The molecule has 3 nitrogen and oxygen atoms in total. The third kappa shape index (κ3) is 3.13. The van der Waals surface area contributed by atoms with E-state index in [1.54, 1.807) is 19.2 Å². The molecule has 0 saturated heterocycles. The van der Waals surface area contributed by atoms with Gasteiger partial charge in [0.2, 0.25) is 0 Å². The van der Waals surface area contributed by atoms with Gasteiger partial charge in [-0.25, -0.2) is 4.39 Å². The van der Waals surface area contributed by atoms with E-state index in [1.165, 1.54) is 29.5 Å². The number of anilines is 1. The molecule has 0 saturated carbocycles. The molecular weight excluding hydrogens is 360 g/mol. The monoisotopic (exact) mass is 369 g/mol. The van der Waals surface area contributed by atoms with Gasteiger partial charge in [-0.3, -0.25) is 4.79 Å². The number of hydrogen-bond donors (Lipinski definition) is 1. The standard InChI is InChI=1S/C16H10Cl2FNO2S/c1-22-9-3-5-13-10(7-9)14(18)15(23-13)16(21)20-8-2-4-12(19)11(17)6-8/h2-7H,1H3,(H,20,21). The Balaban J connectivity index is 1.94. The highest BCUT2D eigenvalue weighted by atomic mass is 35.5. The summed E-state index contributed by atoms with van der Waals surface area (Å²) in [7, 11) is 1.56. The van der Waals surface area contributed by atoms with Crippen molar-refractivity contribution in [2.45, 2.75) is 0 Å². The molecule has 0 spiro atoms. The average molecular weight is 370 g/mol. The van der Waals surface area contributed by atoms with Gasteiger partial charge in [0, 0.05) is 15.8 Å². The average Bonchev–Trinajstić information content (AvgIpc) is 2.87. The van der Waals surface area contributed by atoms with E-state index in [-0.39, 0.29) is 10.9 Å². The van der Waals surface area contributed by atoms with Crippen molar-refractivity contribution in [3.63, 3.8) is 0 Å². The number of rotatable bonds is 3. The summed E-state index contributed by atoms with van der Waals surface area (Å²) in [6.07, 6.45) is 0. The number of halogens is 3. The Hall–Kier alpha value is -1.82. The number of carbonyl (C=O) groups excluding carboxylic acids is 1. The zero-order valence-electron chi connectivity index (χ0n) is 11.8. The lowest BCUT2D eigenvalue weighted by Crippen LogP contribution is -2.10. The maximum absolute atomic E-state index is 13.2. The van der Waals surface area contributed by atoms with E-state index in [4.69, 9.17) is 27.9 Å². The number of carbonyl (C=O) groups is 1. The highest BCUT2D eigenvalue weighted by Crippen LogP contribution is 2.37. The van der Waals surface area contributed by atoms with Crippen LogP contribution in [0.3, 0.4) is 0 Å². The van der Waals surface area contributed by atoms with Crippen LogP contribution in [-0.2, 0) is 0 Å². The second kappa shape index (κ2) is 6.35. The van der Waals surface area contributed by atoms with E-state index < -0.39 is 5.82 Å². The van der Waals surface area contributed by atoms with Crippen molar-refractivity contribution in [1.29, 1.82) is 0 Å². The van der Waals surface area contributed by atoms with Crippen LogP contribution < -0.4 is 10.1 Å². The van der Waals surface area contributed by atoms with Crippen molar-refractivity contribution in [3.8, 4) is 5.75 Å². The molecule has 0 radical (unpaired) electrons. The van der Waals surface area contributed by atoms with Crippen LogP contribution in [0.5, 0.6) is 5.75 Å². The number of nitrogens with one attached hydrogen (secondary N) is 1. The van der Waals surface area contributed by atoms with Gasteiger partial charge in [-0.05, 0) is 36.4 Å². The summed E-state index contributed by atoms with van der Waals surface area (Å²) in [6.45, 7) is 0. The lowest BCUT2D eigenvalue weighted by Gasteiger charge is -2.05. The molecule has 1 N–H and O–H groups in total. The lowest BCUT2D eigenvalue weighted by atomic mass is 10.2. The molecule has 1 amide bonds. The first-order valence-corrected chi connectivity index (χ1v) is 8.09. The van der Waals surface area contributed by atoms with E-state index >= 15 is 0 Å². The third-order valence-electron chi connectivity index (χ3n) is 3.22. The van der Waals surface area contributed by atoms with E-state index in [9.17, 15) is 9.18 Å². The van der Waals surface area contributed by atoms with Crippen LogP contribution in [0.15, 0.2) is 36.4 Å². The maximum Gasteiger partial charge on any atom is 0.267 e. The molecule has 0 atom stereocenters. The molecule has 3 rings (SSSR count). The Labute approximate surface area is 145 Å². The molecule has 0 fully saturated rings. The minimum Gasteiger partial charge on any atom is -0.497 e. The Kier molecular flexibility index (Phi) is 4.43. The molecule has 0 aliphatic carbocycles. The number of methoxy groups -OCH3 is 1. The van der Waals surface area contributed by atoms with Crippen molar-refractivity contribution in [1.82, 2.24) is 0 Å². The first-order chi connectivity index (χ1) is 11.0. The van der Waals surface area contributed by atoms with Crippen molar-refractivity contribution in [2.24, 2.45) is 0 Å². The van der Waals surface area contributed by atoms with Crippen LogP contribution >= 0.6 is 34.5 Å². The topological polar surface area (TPSA) is 38.3 Å². The van der Waals surface area contributed by atoms with Gasteiger partial charge in [0.05, 0.1) is 17.2 Å². The summed E-state index contributed by atoms with van der Waals surface area (Å²) >= 11 is 13.3. The van der Waals surface area contributed by atoms with Crippen LogP contribution in [0.1, 0.15) is 9.67 Å². The van der Waals surface area contributed by atoms with Gasteiger partial charge >= 0.3 is 0 Å². The largest absolute Gasteiger partial charge is 0.497 e. The predicted octanol–water partition coefficient (Wildman–Crippen LogP) is 5.61. The van der Waals surface area contributed by atoms with E-state index in [0.717, 1.165) is 10.1 Å². The second-order valence-electron chi connectivity index (χ2n) is 4.69. The fourth-order valence-electron chi connectivity index (χ4n) is 2.08. The lowest BCUT2D eigenvalue weighted by molar-refractivity contribution is 0.103. The number of thiophene rings is 1. The molecule has 23 heavy (non-hydrogen) atoms. The molecule has 2 aromatic carbocycles. The number of fused-ring (bicyclic) bond motifs is 1. The van der Waals surface area contributed by atoms with Crippen LogP contribution in [0.2, 0.25) is 10.0 Å². The number of benzene rings is 2. The van der Waals surface area contributed by atoms with Crippen molar-refractivity contribution < 1.29 is 13.9 Å². The van der Waals surface area contributed by atoms with E-state index in [2.05, 4.69) is 5.32 Å². The zero-order valence-corrected chi connectivity index (χ0v) is 14.2. The number of amides is 1. The Morgan fingerprint density at radius 1 is 1.22 bits per heavy atom. The molecular formula is C16H10Cl2FNO2S. The number of ether oxygens (including phenoxy) is 1. The highest BCUT2D eigenvalue weighted by molar-refractivity contribution is 7.21. The van der Waals surface area contributed by atoms with Crippen molar-refractivity contribution in [3.05, 3.63) is 57.1 Å². The summed E-state index contributed by atoms with van der Waals surface area (Å²) in [6, 6.07) is 9.39. The van der Waals surface area contributed by atoms with Gasteiger partial charge < -0.3 is 10.1 Å². The zero-order chi connectivity index (χ0) is 16.6. The highest BCUT2D eigenvalue weighted by Gasteiger charge is 2.18. The van der Waals surface area contributed by atoms with Gasteiger partial charge in [-0.15, -0.1) is 11.3 Å². The molecule has 118 valence electrons. The summed E-state index contributed by atoms with van der Waals surface area (Å²) in [5, 5.41) is 3.71. The van der Waals surface area contributed by atoms with E-state index in [0.29, 0.717) is 21.3 Å². The Bertz CT molecular complexity index is 910. The summed E-state index contributed by atoms with van der Waals surface area (Å²) in [4.78, 5) is 12.8. The minimum absolute atomic E-state index is 0.0602. The molecule has 1 aromatic heterocycles. The molecule has 0 aliphatic heterocycles. The molecule has 7 heteroatoms. The first kappa shape index (κ1) is 16.1. The molecule has 0 aliphatic rings. The second-order valence-corrected chi connectivity index (χ2v) is 6.53. The van der Waals surface area contributed by atoms with Crippen LogP contribution in [0.25, 0.3) is 10.1 Å². The van der Waals surface area contributed by atoms with Gasteiger partial charge in [0.1, 0.15) is 16.4 Å². The van der Waals surface area contributed by atoms with Crippen LogP contribution in [0.4, 0.5) is 10.1 Å². The predicted molar refractivity (Wildman–Crippen MR) is 92.8 cm³/mol. The van der Waals surface area contributed by atoms with Crippen LogP contribution in [-0.4, -0.2) is 13.0 Å². The fraction of sp³-hybridized carbons (Fsp3) is 0.0625. The van der Waals surface area contributed by atoms with Gasteiger partial charge in [-0.2, -0.15) is 0 Å². The smallest absolute Gasteiger partial charge is 0.267 e. The van der Waals surface area contributed by atoms with E-state index in [1.807, 2.05) is 6.07 Å². The van der Waals surface area contributed by atoms with Crippen molar-refractivity contribution >= 4 is 56.2 Å². The molecule has 3 aromatic rings. The summed E-state index contributed by atoms with van der Waals surface area (Å²) in [5.41, 5.74) is 0.396. The quantitative estimate of drug-likeness (QED) is 0.651. The maximum atomic E-state index is 13.2. The van der Waals surface area contributed by atoms with Gasteiger partial charge in [0.15, 0.2) is 0 Å². The van der Waals surface area contributed by atoms with Gasteiger partial charge in [0.25, 0.3) is 5.91 Å². The summed E-state index contributed by atoms with van der Waals surface area (Å²) < 4.78 is 19.2. The Morgan fingerprint density at radius 3 is 2.70 bits per heavy atom. The molecule has 1 heterocycles.